The van der Waals surface area contributed by atoms with Gasteiger partial charge in [-0.15, -0.1) is 0 Å². The van der Waals surface area contributed by atoms with Gasteiger partial charge >= 0.3 is 12.1 Å². The number of esters is 1. The molecule has 1 aliphatic heterocycles. The van der Waals surface area contributed by atoms with Gasteiger partial charge in [0, 0.05) is 12.7 Å². The van der Waals surface area contributed by atoms with Crippen molar-refractivity contribution in [2.45, 2.75) is 63.2 Å². The van der Waals surface area contributed by atoms with E-state index in [4.69, 9.17) is 14.2 Å². The Balaban J connectivity index is 2.27. The minimum Gasteiger partial charge on any atom is -0.453 e. The summed E-state index contributed by atoms with van der Waals surface area (Å²) in [6, 6.07) is 6.78. The van der Waals surface area contributed by atoms with Gasteiger partial charge in [-0.2, -0.15) is 13.2 Å². The third kappa shape index (κ3) is 4.52. The van der Waals surface area contributed by atoms with Gasteiger partial charge in [-0.25, -0.2) is 4.79 Å². The zero-order valence-electron chi connectivity index (χ0n) is 15.7. The average molecular weight is 386 g/mol. The first-order valence-electron chi connectivity index (χ1n) is 8.98. The molecule has 1 aromatic carbocycles. The van der Waals surface area contributed by atoms with Crippen molar-refractivity contribution in [3.8, 4) is 0 Å². The molecule has 0 spiro atoms. The maximum absolute atomic E-state index is 13.9. The summed E-state index contributed by atoms with van der Waals surface area (Å²) in [5.41, 5.74) is -3.52. The first-order chi connectivity index (χ1) is 12.8. The largest absolute Gasteiger partial charge is 0.453 e. The lowest BCUT2D eigenvalue weighted by molar-refractivity contribution is -0.277. The van der Waals surface area contributed by atoms with Crippen molar-refractivity contribution in [2.24, 2.45) is 0 Å². The van der Waals surface area contributed by atoms with Crippen LogP contribution in [-0.2, 0) is 24.6 Å². The van der Waals surface area contributed by atoms with E-state index in [1.54, 1.807) is 19.1 Å². The molecule has 0 radical (unpaired) electrons. The van der Waals surface area contributed by atoms with Crippen molar-refractivity contribution < 1.29 is 32.2 Å². The van der Waals surface area contributed by atoms with E-state index in [9.17, 15) is 18.0 Å². The van der Waals surface area contributed by atoms with Crippen molar-refractivity contribution in [1.29, 1.82) is 0 Å². The highest BCUT2D eigenvalue weighted by Crippen LogP contribution is 2.44. The highest BCUT2D eigenvalue weighted by molar-refractivity contribution is 5.83. The average Bonchev–Trinajstić information content (AvgIpc) is 3.40. The molecule has 2 rings (SSSR count). The van der Waals surface area contributed by atoms with Gasteiger partial charge in [0.1, 0.15) is 12.2 Å². The second-order valence-corrected chi connectivity index (χ2v) is 6.43. The second-order valence-electron chi connectivity index (χ2n) is 6.43. The predicted octanol–water partition coefficient (Wildman–Crippen LogP) is 4.54. The van der Waals surface area contributed by atoms with E-state index < -0.39 is 30.0 Å². The first kappa shape index (κ1) is 21.4. The van der Waals surface area contributed by atoms with E-state index in [0.29, 0.717) is 0 Å². The molecular formula is C20H25F3O4. The lowest BCUT2D eigenvalue weighted by Gasteiger charge is -2.33. The van der Waals surface area contributed by atoms with Crippen molar-refractivity contribution >= 4 is 5.97 Å². The second kappa shape index (κ2) is 8.89. The zero-order chi connectivity index (χ0) is 20.1. The van der Waals surface area contributed by atoms with E-state index in [1.165, 1.54) is 30.3 Å². The molecule has 1 heterocycles. The van der Waals surface area contributed by atoms with Gasteiger partial charge in [0.25, 0.3) is 5.60 Å². The first-order valence-corrected chi connectivity index (χ1v) is 8.98. The number of hydrogen-bond acceptors (Lipinski definition) is 4. The molecule has 7 heteroatoms. The topological polar surface area (TPSA) is 48.1 Å². The predicted molar refractivity (Wildman–Crippen MR) is 94.1 cm³/mol. The van der Waals surface area contributed by atoms with Crippen molar-refractivity contribution in [3.05, 3.63) is 48.0 Å². The van der Waals surface area contributed by atoms with Crippen LogP contribution in [0.2, 0.25) is 0 Å². The van der Waals surface area contributed by atoms with E-state index in [-0.39, 0.29) is 11.7 Å². The van der Waals surface area contributed by atoms with Crippen LogP contribution in [0.25, 0.3) is 0 Å². The fourth-order valence-electron chi connectivity index (χ4n) is 3.08. The maximum atomic E-state index is 13.9. The lowest BCUT2D eigenvalue weighted by atomic mass is 9.92. The summed E-state index contributed by atoms with van der Waals surface area (Å²) in [5.74, 6) is -1.50. The SMILES string of the molecule is C/C=C/[C@H](OC(=O)[C@](OC)(c1ccccc1)C(F)(F)F)[C@H]1O[C@H]1CCCC. The number of halogens is 3. The highest BCUT2D eigenvalue weighted by Gasteiger charge is 2.64. The number of carbonyl (C=O) groups is 1. The molecule has 27 heavy (non-hydrogen) atoms. The fourth-order valence-corrected chi connectivity index (χ4v) is 3.08. The van der Waals surface area contributed by atoms with Gasteiger partial charge in [-0.1, -0.05) is 56.2 Å². The van der Waals surface area contributed by atoms with Crippen LogP contribution >= 0.6 is 0 Å². The van der Waals surface area contributed by atoms with Crippen molar-refractivity contribution in [2.75, 3.05) is 7.11 Å². The highest BCUT2D eigenvalue weighted by atomic mass is 19.4. The normalized spacial score (nSPS) is 23.0. The van der Waals surface area contributed by atoms with Crippen LogP contribution in [0.4, 0.5) is 13.2 Å². The Labute approximate surface area is 157 Å². The standard InChI is InChI=1S/C20H25F3O4/c1-4-6-13-16-17(26-16)15(10-5-2)27-18(24)19(25-3,20(21,22)23)14-11-8-7-9-12-14/h5,7-12,15-17H,4,6,13H2,1-3H3/b10-5+/t15-,16-,17+,19+/m0/s1. The van der Waals surface area contributed by atoms with E-state index in [1.807, 2.05) is 6.92 Å². The molecule has 0 aliphatic carbocycles. The molecule has 4 nitrogen and oxygen atoms in total. The molecule has 0 bridgehead atoms. The molecule has 0 N–H and O–H groups in total. The van der Waals surface area contributed by atoms with Crippen LogP contribution in [-0.4, -0.2) is 37.6 Å². The molecule has 0 unspecified atom stereocenters. The quantitative estimate of drug-likeness (QED) is 0.355. The van der Waals surface area contributed by atoms with Crippen LogP contribution in [0.3, 0.4) is 0 Å². The minimum atomic E-state index is -4.99. The summed E-state index contributed by atoms with van der Waals surface area (Å²) in [5, 5.41) is 0. The Kier molecular flexibility index (Phi) is 7.06. The Morgan fingerprint density at radius 1 is 1.30 bits per heavy atom. The van der Waals surface area contributed by atoms with Gasteiger partial charge in [0.15, 0.2) is 0 Å². The van der Waals surface area contributed by atoms with Crippen LogP contribution in [0, 0.1) is 0 Å². The Bertz CT molecular complexity index is 644. The van der Waals surface area contributed by atoms with Crippen molar-refractivity contribution in [1.82, 2.24) is 0 Å². The molecule has 1 fully saturated rings. The Morgan fingerprint density at radius 2 is 1.96 bits per heavy atom. The number of unbranched alkanes of at least 4 members (excludes halogenated alkanes) is 1. The fraction of sp³-hybridized carbons (Fsp3) is 0.550. The number of carbonyl (C=O) groups excluding carboxylic acids is 1. The molecule has 1 aliphatic rings. The van der Waals surface area contributed by atoms with Gasteiger partial charge in [0.05, 0.1) is 6.10 Å². The molecule has 0 saturated carbocycles. The van der Waals surface area contributed by atoms with Gasteiger partial charge in [-0.05, 0) is 19.4 Å². The summed E-state index contributed by atoms with van der Waals surface area (Å²) in [4.78, 5) is 12.7. The smallest absolute Gasteiger partial charge is 0.432 e. The third-order valence-electron chi connectivity index (χ3n) is 4.59. The van der Waals surface area contributed by atoms with Crippen LogP contribution < -0.4 is 0 Å². The summed E-state index contributed by atoms with van der Waals surface area (Å²) in [6.07, 6.45) is -0.579. The Hall–Kier alpha value is -1.86. The summed E-state index contributed by atoms with van der Waals surface area (Å²) < 4.78 is 57.3. The molecule has 1 saturated heterocycles. The van der Waals surface area contributed by atoms with Gasteiger partial charge < -0.3 is 14.2 Å². The van der Waals surface area contributed by atoms with Crippen LogP contribution in [0.15, 0.2) is 42.5 Å². The number of rotatable bonds is 9. The number of epoxide rings is 1. The van der Waals surface area contributed by atoms with Crippen LogP contribution in [0.5, 0.6) is 0 Å². The molecular weight excluding hydrogens is 361 g/mol. The number of methoxy groups -OCH3 is 1. The lowest BCUT2D eigenvalue weighted by Crippen LogP contribution is -2.52. The maximum Gasteiger partial charge on any atom is 0.432 e. The molecule has 4 atom stereocenters. The summed E-state index contributed by atoms with van der Waals surface area (Å²) >= 11 is 0. The number of allylic oxidation sites excluding steroid dienone is 1. The van der Waals surface area contributed by atoms with E-state index >= 15 is 0 Å². The van der Waals surface area contributed by atoms with Gasteiger partial charge in [0.2, 0.25) is 0 Å². The summed E-state index contributed by atoms with van der Waals surface area (Å²) in [6.45, 7) is 3.74. The number of ether oxygens (including phenoxy) is 3. The number of benzene rings is 1. The van der Waals surface area contributed by atoms with E-state index in [0.717, 1.165) is 26.4 Å². The third-order valence-corrected chi connectivity index (χ3v) is 4.59. The zero-order valence-corrected chi connectivity index (χ0v) is 15.7. The van der Waals surface area contributed by atoms with E-state index in [2.05, 4.69) is 0 Å². The van der Waals surface area contributed by atoms with Crippen LogP contribution in [0.1, 0.15) is 38.7 Å². The molecule has 1 aromatic rings. The molecule has 150 valence electrons. The summed E-state index contributed by atoms with van der Waals surface area (Å²) in [7, 11) is 0.851. The minimum absolute atomic E-state index is 0.112. The monoisotopic (exact) mass is 386 g/mol. The number of alkyl halides is 3. The molecule has 0 aromatic heterocycles. The molecule has 0 amide bonds. The number of hydrogen-bond donors (Lipinski definition) is 0. The van der Waals surface area contributed by atoms with Gasteiger partial charge in [-0.3, -0.25) is 0 Å². The van der Waals surface area contributed by atoms with Crippen molar-refractivity contribution in [3.63, 3.8) is 0 Å². The Morgan fingerprint density at radius 3 is 2.48 bits per heavy atom.